The van der Waals surface area contributed by atoms with Crippen molar-refractivity contribution in [1.82, 2.24) is 0 Å². The largest absolute Gasteiger partial charge is 0.468 e. The molecule has 0 saturated carbocycles. The molecule has 0 radical (unpaired) electrons. The quantitative estimate of drug-likeness (QED) is 0.166. The Labute approximate surface area is 388 Å². The third-order valence-electron chi connectivity index (χ3n) is 15.1. The fraction of sp³-hybridized carbons (Fsp3) is 0.350. The summed E-state index contributed by atoms with van der Waals surface area (Å²) in [5.41, 5.74) is 21.4. The number of hydrogen-bond donors (Lipinski definition) is 0. The van der Waals surface area contributed by atoms with Gasteiger partial charge in [-0.2, -0.15) is 5.26 Å². The first kappa shape index (κ1) is 42.9. The molecule has 1 aliphatic carbocycles. The van der Waals surface area contributed by atoms with E-state index in [0.29, 0.717) is 5.56 Å². The molecule has 0 fully saturated rings. The van der Waals surface area contributed by atoms with Gasteiger partial charge < -0.3 is 14.2 Å². The van der Waals surface area contributed by atoms with Crippen molar-refractivity contribution in [2.75, 3.05) is 9.80 Å². The van der Waals surface area contributed by atoms with Crippen LogP contribution in [-0.4, -0.2) is 6.71 Å². The Hall–Kier alpha value is -5.99. The number of rotatable bonds is 3. The van der Waals surface area contributed by atoms with Crippen molar-refractivity contribution in [2.45, 2.75) is 137 Å². The lowest BCUT2D eigenvalue weighted by molar-refractivity contribution is 0.332. The molecular formula is C60H64BN3O. The summed E-state index contributed by atoms with van der Waals surface area (Å²) in [6, 6.07) is 43.6. The number of hydrogen-bond acceptors (Lipinski definition) is 4. The first-order valence-corrected chi connectivity index (χ1v) is 23.7. The van der Waals surface area contributed by atoms with E-state index in [1.54, 1.807) is 0 Å². The summed E-state index contributed by atoms with van der Waals surface area (Å²) in [7, 11) is 0. The van der Waals surface area contributed by atoms with E-state index in [2.05, 4.69) is 210 Å². The van der Waals surface area contributed by atoms with Gasteiger partial charge in [-0.05, 0) is 152 Å². The van der Waals surface area contributed by atoms with E-state index in [4.69, 9.17) is 4.42 Å². The number of furan rings is 1. The fourth-order valence-electron chi connectivity index (χ4n) is 11.0. The molecule has 328 valence electrons. The molecule has 0 N–H and O–H groups in total. The molecule has 7 aromatic rings. The summed E-state index contributed by atoms with van der Waals surface area (Å²) in [6.45, 7) is 32.3. The van der Waals surface area contributed by atoms with Crippen LogP contribution < -0.4 is 26.4 Å². The van der Waals surface area contributed by atoms with Crippen LogP contribution in [0.2, 0.25) is 0 Å². The highest BCUT2D eigenvalue weighted by molar-refractivity contribution is 7.00. The molecule has 0 bridgehead atoms. The van der Waals surface area contributed by atoms with Crippen LogP contribution in [0.3, 0.4) is 0 Å². The van der Waals surface area contributed by atoms with Crippen molar-refractivity contribution in [1.29, 1.82) is 5.26 Å². The van der Waals surface area contributed by atoms with E-state index < -0.39 is 0 Å². The summed E-state index contributed by atoms with van der Waals surface area (Å²) in [4.78, 5) is 5.02. The first-order chi connectivity index (χ1) is 30.5. The van der Waals surface area contributed by atoms with Gasteiger partial charge in [0.1, 0.15) is 5.58 Å². The van der Waals surface area contributed by atoms with Gasteiger partial charge in [0.25, 0.3) is 6.71 Å². The summed E-state index contributed by atoms with van der Waals surface area (Å²) >= 11 is 0. The molecule has 6 aromatic carbocycles. The van der Waals surface area contributed by atoms with Crippen molar-refractivity contribution < 1.29 is 4.42 Å². The van der Waals surface area contributed by atoms with Gasteiger partial charge in [0.2, 0.25) is 0 Å². The number of benzene rings is 6. The van der Waals surface area contributed by atoms with E-state index in [-0.39, 0.29) is 33.8 Å². The van der Waals surface area contributed by atoms with Gasteiger partial charge in [0.05, 0.1) is 28.7 Å². The number of fused-ring (bicyclic) bond motifs is 7. The molecule has 3 aliphatic rings. The summed E-state index contributed by atoms with van der Waals surface area (Å²) < 4.78 is 7.53. The molecule has 3 heterocycles. The van der Waals surface area contributed by atoms with E-state index in [0.717, 1.165) is 63.6 Å². The summed E-state index contributed by atoms with van der Waals surface area (Å²) in [5.74, 6) is 0. The lowest BCUT2D eigenvalue weighted by Crippen LogP contribution is -2.61. The Bertz CT molecular complexity index is 3140. The van der Waals surface area contributed by atoms with Crippen molar-refractivity contribution in [2.24, 2.45) is 0 Å². The maximum atomic E-state index is 10.6. The smallest absolute Gasteiger partial charge is 0.297 e. The number of nitriles is 1. The standard InChI is InChI=1S/C60H64BN3O/c1-36-29-50-53-51(30-36)64(48-25-21-39(57(5,6)7)31-43(48)42-18-16-15-17-37(42)35-62)49-26-22-40(58(8,9)10)32-47(49)61(53)55-54(63(50)41-23-19-38(20-24-41)56(2,3)4)44-33-45-46(34-52(44)65-55)60(13,14)28-27-59(45,11)12/h15-26,29-34H,27-28H2,1-14H3. The van der Waals surface area contributed by atoms with Crippen LogP contribution in [0, 0.1) is 18.3 Å². The van der Waals surface area contributed by atoms with E-state index in [1.807, 2.05) is 12.1 Å². The highest BCUT2D eigenvalue weighted by Gasteiger charge is 2.48. The van der Waals surface area contributed by atoms with Crippen LogP contribution in [0.25, 0.3) is 22.1 Å². The molecule has 0 unspecified atom stereocenters. The topological polar surface area (TPSA) is 43.4 Å². The predicted octanol–water partition coefficient (Wildman–Crippen LogP) is 14.6. The first-order valence-electron chi connectivity index (χ1n) is 23.7. The van der Waals surface area contributed by atoms with Gasteiger partial charge in [-0.3, -0.25) is 0 Å². The number of nitrogens with zero attached hydrogens (tertiary/aromatic N) is 3. The van der Waals surface area contributed by atoms with Gasteiger partial charge in [-0.25, -0.2) is 0 Å². The molecule has 5 heteroatoms. The summed E-state index contributed by atoms with van der Waals surface area (Å²) in [6.07, 6.45) is 2.28. The highest BCUT2D eigenvalue weighted by Crippen LogP contribution is 2.53. The Morgan fingerprint density at radius 3 is 1.75 bits per heavy atom. The molecular weight excluding hydrogens is 789 g/mol. The molecule has 0 spiro atoms. The van der Waals surface area contributed by atoms with Crippen molar-refractivity contribution in [3.63, 3.8) is 0 Å². The maximum Gasteiger partial charge on any atom is 0.297 e. The second-order valence-electron chi connectivity index (χ2n) is 23.8. The minimum absolute atomic E-state index is 0.0123. The van der Waals surface area contributed by atoms with Gasteiger partial charge in [0.15, 0.2) is 0 Å². The highest BCUT2D eigenvalue weighted by atomic mass is 16.3. The fourth-order valence-corrected chi connectivity index (χ4v) is 11.0. The van der Waals surface area contributed by atoms with Crippen LogP contribution in [0.4, 0.5) is 34.1 Å². The van der Waals surface area contributed by atoms with Crippen LogP contribution in [-0.2, 0) is 27.1 Å². The third kappa shape index (κ3) is 6.77. The zero-order valence-corrected chi connectivity index (χ0v) is 41.1. The Morgan fingerprint density at radius 1 is 0.585 bits per heavy atom. The van der Waals surface area contributed by atoms with Gasteiger partial charge >= 0.3 is 0 Å². The van der Waals surface area contributed by atoms with E-state index in [9.17, 15) is 5.26 Å². The van der Waals surface area contributed by atoms with Crippen LogP contribution in [0.5, 0.6) is 0 Å². The Balaban J connectivity index is 1.34. The SMILES string of the molecule is Cc1cc2c3c(c1)N(c1ccc(C(C)(C)C)cc1)c1c(oc4cc5c(cc14)C(C)(C)CCC5(C)C)B3c1cc(C(C)(C)C)ccc1N2c1ccc(C(C)(C)C)cc1-c1ccccc1C#N. The Morgan fingerprint density at radius 2 is 1.14 bits per heavy atom. The van der Waals surface area contributed by atoms with Crippen molar-refractivity contribution in [3.05, 3.63) is 148 Å². The van der Waals surface area contributed by atoms with Gasteiger partial charge in [-0.15, -0.1) is 0 Å². The number of aryl methyl sites for hydroxylation is 1. The minimum atomic E-state index is -0.177. The molecule has 0 atom stereocenters. The molecule has 65 heavy (non-hydrogen) atoms. The Kier molecular flexibility index (Phi) is 9.42. The zero-order valence-electron chi connectivity index (χ0n) is 41.1. The molecule has 10 rings (SSSR count). The summed E-state index contributed by atoms with van der Waals surface area (Å²) in [5, 5.41) is 11.7. The average Bonchev–Trinajstić information content (AvgIpc) is 3.61. The normalized spacial score (nSPS) is 16.2. The number of anilines is 6. The second kappa shape index (κ2) is 14.3. The van der Waals surface area contributed by atoms with Crippen LogP contribution in [0.15, 0.2) is 114 Å². The average molecular weight is 854 g/mol. The van der Waals surface area contributed by atoms with E-state index >= 15 is 0 Å². The molecule has 0 saturated heterocycles. The minimum Gasteiger partial charge on any atom is -0.468 e. The monoisotopic (exact) mass is 854 g/mol. The lowest BCUT2D eigenvalue weighted by atomic mass is 9.35. The molecule has 2 aliphatic heterocycles. The van der Waals surface area contributed by atoms with Gasteiger partial charge in [0, 0.05) is 39.3 Å². The zero-order chi connectivity index (χ0) is 46.3. The van der Waals surface area contributed by atoms with Crippen molar-refractivity contribution in [3.8, 4) is 17.2 Å². The second-order valence-corrected chi connectivity index (χ2v) is 23.8. The van der Waals surface area contributed by atoms with Gasteiger partial charge in [-0.1, -0.05) is 139 Å². The van der Waals surface area contributed by atoms with E-state index in [1.165, 1.54) is 55.4 Å². The van der Waals surface area contributed by atoms with Crippen molar-refractivity contribution >= 4 is 68.4 Å². The molecule has 4 nitrogen and oxygen atoms in total. The lowest BCUT2D eigenvalue weighted by Gasteiger charge is -2.44. The molecule has 0 amide bonds. The van der Waals surface area contributed by atoms with Crippen LogP contribution >= 0.6 is 0 Å². The predicted molar refractivity (Wildman–Crippen MR) is 277 cm³/mol. The molecule has 1 aromatic heterocycles. The third-order valence-corrected chi connectivity index (χ3v) is 15.1. The maximum absolute atomic E-state index is 10.6. The van der Waals surface area contributed by atoms with Crippen LogP contribution in [0.1, 0.15) is 142 Å².